The van der Waals surface area contributed by atoms with E-state index in [1.165, 1.54) is 6.20 Å². The molecule has 0 spiro atoms. The molecule has 0 aliphatic rings. The number of aromatic nitrogens is 5. The first-order valence-electron chi connectivity index (χ1n) is 8.69. The fourth-order valence-corrected chi connectivity index (χ4v) is 3.31. The predicted octanol–water partition coefficient (Wildman–Crippen LogP) is 2.42. The Balaban J connectivity index is 1.37. The van der Waals surface area contributed by atoms with E-state index < -0.39 is 0 Å². The van der Waals surface area contributed by atoms with Crippen molar-refractivity contribution in [2.75, 3.05) is 12.3 Å². The zero-order valence-electron chi connectivity index (χ0n) is 15.6. The molecule has 10 heteroatoms. The van der Waals surface area contributed by atoms with Gasteiger partial charge in [0.05, 0.1) is 30.6 Å². The number of aryl methyl sites for hydroxylation is 1. The van der Waals surface area contributed by atoms with Crippen LogP contribution in [0.5, 0.6) is 0 Å². The van der Waals surface area contributed by atoms with E-state index in [0.717, 1.165) is 15.6 Å². The van der Waals surface area contributed by atoms with Gasteiger partial charge in [-0.1, -0.05) is 11.8 Å². The Hall–Kier alpha value is -3.24. The lowest BCUT2D eigenvalue weighted by atomic mass is 10.2. The van der Waals surface area contributed by atoms with Crippen LogP contribution in [0.15, 0.2) is 53.4 Å². The highest BCUT2D eigenvalue weighted by atomic mass is 79.9. The summed E-state index contributed by atoms with van der Waals surface area (Å²) in [5.74, 6) is -0.309. The van der Waals surface area contributed by atoms with Crippen LogP contribution in [0, 0.1) is 0 Å². The number of halogens is 1. The topological polar surface area (TPSA) is 112 Å². The fourth-order valence-electron chi connectivity index (χ4n) is 2.98. The lowest BCUT2D eigenvalue weighted by Crippen LogP contribution is -2.25. The molecule has 3 aromatic heterocycles. The van der Waals surface area contributed by atoms with Gasteiger partial charge in [0.25, 0.3) is 5.91 Å². The normalized spacial score (nSPS) is 11.2. The second-order valence-electron chi connectivity index (χ2n) is 6.54. The van der Waals surface area contributed by atoms with Crippen LogP contribution in [-0.4, -0.2) is 36.9 Å². The summed E-state index contributed by atoms with van der Waals surface area (Å²) < 4.78 is 9.88. The SMILES string of the molecule is C=C(COCc1cc(N)c2nnn(C)c2c1)NC(=O)c1cnc2ccc(Br)cn12. The van der Waals surface area contributed by atoms with Gasteiger partial charge in [-0.3, -0.25) is 9.20 Å². The van der Waals surface area contributed by atoms with E-state index in [1.807, 2.05) is 18.2 Å². The van der Waals surface area contributed by atoms with Gasteiger partial charge in [0.2, 0.25) is 0 Å². The Bertz CT molecular complexity index is 1240. The summed E-state index contributed by atoms with van der Waals surface area (Å²) in [4.78, 5) is 16.8. The number of fused-ring (bicyclic) bond motifs is 2. The maximum atomic E-state index is 12.5. The summed E-state index contributed by atoms with van der Waals surface area (Å²) in [6.45, 7) is 4.33. The minimum Gasteiger partial charge on any atom is -0.397 e. The Morgan fingerprint density at radius 2 is 2.21 bits per heavy atom. The van der Waals surface area contributed by atoms with Crippen molar-refractivity contribution in [3.63, 3.8) is 0 Å². The van der Waals surface area contributed by atoms with Crippen LogP contribution in [-0.2, 0) is 18.4 Å². The second kappa shape index (κ2) is 7.64. The Morgan fingerprint density at radius 3 is 3.03 bits per heavy atom. The molecule has 0 fully saturated rings. The molecule has 0 aliphatic heterocycles. The molecule has 0 bridgehead atoms. The monoisotopic (exact) mass is 455 g/mol. The maximum absolute atomic E-state index is 12.5. The first-order valence-corrected chi connectivity index (χ1v) is 9.49. The standard InChI is InChI=1S/C19H18BrN7O2/c1-11(23-19(28)16-7-22-17-4-3-13(20)8-27(16)17)9-29-10-12-5-14(21)18-15(6-12)26(2)25-24-18/h3-8H,1,9-10,21H2,2H3,(H,23,28). The van der Waals surface area contributed by atoms with Crippen LogP contribution in [0.4, 0.5) is 5.69 Å². The van der Waals surface area contributed by atoms with E-state index in [1.54, 1.807) is 28.4 Å². The van der Waals surface area contributed by atoms with Crippen molar-refractivity contribution in [3.8, 4) is 0 Å². The van der Waals surface area contributed by atoms with Crippen LogP contribution >= 0.6 is 15.9 Å². The Morgan fingerprint density at radius 1 is 1.38 bits per heavy atom. The summed E-state index contributed by atoms with van der Waals surface area (Å²) in [5, 5.41) is 10.7. The molecule has 9 nitrogen and oxygen atoms in total. The number of hydrogen-bond acceptors (Lipinski definition) is 6. The van der Waals surface area contributed by atoms with Crippen LogP contribution in [0.1, 0.15) is 16.1 Å². The minimum atomic E-state index is -0.309. The van der Waals surface area contributed by atoms with Crippen molar-refractivity contribution in [2.24, 2.45) is 7.05 Å². The lowest BCUT2D eigenvalue weighted by molar-refractivity contribution is 0.0936. The molecule has 0 saturated carbocycles. The van der Waals surface area contributed by atoms with E-state index in [9.17, 15) is 4.79 Å². The molecule has 29 heavy (non-hydrogen) atoms. The molecular formula is C19H18BrN7O2. The van der Waals surface area contributed by atoms with Crippen LogP contribution in [0.25, 0.3) is 16.7 Å². The first-order chi connectivity index (χ1) is 13.9. The summed E-state index contributed by atoms with van der Waals surface area (Å²) in [6.07, 6.45) is 3.30. The molecule has 0 aliphatic carbocycles. The lowest BCUT2D eigenvalue weighted by Gasteiger charge is -2.10. The summed E-state index contributed by atoms with van der Waals surface area (Å²) >= 11 is 3.39. The van der Waals surface area contributed by atoms with Gasteiger partial charge in [-0.25, -0.2) is 9.67 Å². The number of nitrogens with zero attached hydrogens (tertiary/aromatic N) is 5. The number of rotatable bonds is 6. The van der Waals surface area contributed by atoms with Crippen molar-refractivity contribution in [1.82, 2.24) is 29.7 Å². The third-order valence-electron chi connectivity index (χ3n) is 4.34. The molecule has 1 aromatic carbocycles. The molecule has 4 aromatic rings. The van der Waals surface area contributed by atoms with Crippen molar-refractivity contribution in [2.45, 2.75) is 6.61 Å². The molecule has 0 saturated heterocycles. The minimum absolute atomic E-state index is 0.160. The number of amides is 1. The smallest absolute Gasteiger partial charge is 0.274 e. The summed E-state index contributed by atoms with van der Waals surface area (Å²) in [7, 11) is 1.80. The fraction of sp³-hybridized carbons (Fsp3) is 0.158. The molecule has 0 unspecified atom stereocenters. The first kappa shape index (κ1) is 19.1. The van der Waals surface area contributed by atoms with Gasteiger partial charge in [0.1, 0.15) is 16.9 Å². The highest BCUT2D eigenvalue weighted by Crippen LogP contribution is 2.21. The number of carbonyl (C=O) groups excluding carboxylic acids is 1. The molecule has 1 amide bonds. The zero-order chi connectivity index (χ0) is 20.5. The maximum Gasteiger partial charge on any atom is 0.274 e. The van der Waals surface area contributed by atoms with Crippen molar-refractivity contribution < 1.29 is 9.53 Å². The van der Waals surface area contributed by atoms with Crippen molar-refractivity contribution >= 4 is 44.2 Å². The molecule has 4 rings (SSSR count). The molecule has 148 valence electrons. The van der Waals surface area contributed by atoms with E-state index in [2.05, 4.69) is 43.1 Å². The van der Waals surface area contributed by atoms with Gasteiger partial charge in [-0.15, -0.1) is 5.10 Å². The second-order valence-corrected chi connectivity index (χ2v) is 7.45. The number of carbonyl (C=O) groups is 1. The molecule has 0 radical (unpaired) electrons. The van der Waals surface area contributed by atoms with Crippen LogP contribution in [0.2, 0.25) is 0 Å². The predicted molar refractivity (Wildman–Crippen MR) is 112 cm³/mol. The molecule has 0 atom stereocenters. The number of benzene rings is 1. The third kappa shape index (κ3) is 3.84. The summed E-state index contributed by atoms with van der Waals surface area (Å²) in [5.41, 5.74) is 10.5. The molecular weight excluding hydrogens is 438 g/mol. The quantitative estimate of drug-likeness (QED) is 0.431. The van der Waals surface area contributed by atoms with Gasteiger partial charge in [-0.05, 0) is 45.8 Å². The molecule has 3 N–H and O–H groups in total. The number of nitrogen functional groups attached to an aromatic ring is 1. The van der Waals surface area contributed by atoms with Crippen molar-refractivity contribution in [3.05, 3.63) is 64.7 Å². The number of hydrogen-bond donors (Lipinski definition) is 2. The van der Waals surface area contributed by atoms with E-state index >= 15 is 0 Å². The number of ether oxygens (including phenoxy) is 1. The van der Waals surface area contributed by atoms with Crippen molar-refractivity contribution in [1.29, 1.82) is 0 Å². The van der Waals surface area contributed by atoms with E-state index in [0.29, 0.717) is 34.8 Å². The highest BCUT2D eigenvalue weighted by Gasteiger charge is 2.13. The van der Waals surface area contributed by atoms with Gasteiger partial charge in [0, 0.05) is 23.4 Å². The Kier molecular flexibility index (Phi) is 5.03. The van der Waals surface area contributed by atoms with Gasteiger partial charge in [-0.2, -0.15) is 0 Å². The zero-order valence-corrected chi connectivity index (χ0v) is 17.2. The van der Waals surface area contributed by atoms with Gasteiger partial charge in [0.15, 0.2) is 0 Å². The third-order valence-corrected chi connectivity index (χ3v) is 4.81. The van der Waals surface area contributed by atoms with Crippen LogP contribution in [0.3, 0.4) is 0 Å². The number of anilines is 1. The summed E-state index contributed by atoms with van der Waals surface area (Å²) in [6, 6.07) is 7.40. The highest BCUT2D eigenvalue weighted by molar-refractivity contribution is 9.10. The number of imidazole rings is 1. The van der Waals surface area contributed by atoms with E-state index in [4.69, 9.17) is 10.5 Å². The van der Waals surface area contributed by atoms with Gasteiger partial charge < -0.3 is 15.8 Å². The molecule has 3 heterocycles. The van der Waals surface area contributed by atoms with E-state index in [-0.39, 0.29) is 12.5 Å². The largest absolute Gasteiger partial charge is 0.397 e. The van der Waals surface area contributed by atoms with Crippen LogP contribution < -0.4 is 11.1 Å². The average molecular weight is 456 g/mol. The average Bonchev–Trinajstić information content (AvgIpc) is 3.25. The Labute approximate surface area is 174 Å². The van der Waals surface area contributed by atoms with Gasteiger partial charge >= 0.3 is 0 Å². The number of pyridine rings is 1. The number of nitrogens with one attached hydrogen (secondary N) is 1. The number of nitrogens with two attached hydrogens (primary N) is 1.